The average molecular weight is 389 g/mol. The summed E-state index contributed by atoms with van der Waals surface area (Å²) in [6.07, 6.45) is 1.06. The molecular formula is C15H21BrN2O3S. The van der Waals surface area contributed by atoms with Gasteiger partial charge in [-0.1, -0.05) is 6.07 Å². The zero-order chi connectivity index (χ0) is 16.5. The third-order valence-corrected chi connectivity index (χ3v) is 3.98. The van der Waals surface area contributed by atoms with E-state index < -0.39 is 0 Å². The van der Waals surface area contributed by atoms with Gasteiger partial charge in [0.1, 0.15) is 5.75 Å². The van der Waals surface area contributed by atoms with Gasteiger partial charge in [-0.05, 0) is 59.2 Å². The molecule has 1 rings (SSSR count). The number of benzene rings is 1. The molecule has 1 aromatic carbocycles. The van der Waals surface area contributed by atoms with Gasteiger partial charge in [0.15, 0.2) is 5.11 Å². The van der Waals surface area contributed by atoms with Gasteiger partial charge in [0.05, 0.1) is 24.7 Å². The number of nitrogens with one attached hydrogen (secondary N) is 2. The van der Waals surface area contributed by atoms with Crippen LogP contribution in [0.25, 0.3) is 0 Å². The molecule has 0 heterocycles. The van der Waals surface area contributed by atoms with Crippen molar-refractivity contribution in [3.8, 4) is 5.75 Å². The maximum absolute atomic E-state index is 11.0. The maximum Gasteiger partial charge on any atom is 0.305 e. The number of halogens is 1. The monoisotopic (exact) mass is 388 g/mol. The van der Waals surface area contributed by atoms with Crippen molar-refractivity contribution in [3.05, 3.63) is 28.2 Å². The summed E-state index contributed by atoms with van der Waals surface area (Å²) in [5, 5.41) is 6.84. The molecule has 0 aliphatic rings. The van der Waals surface area contributed by atoms with E-state index in [0.29, 0.717) is 24.5 Å². The molecule has 7 heteroatoms. The number of ether oxygens (including phenoxy) is 2. The molecule has 1 aromatic rings. The van der Waals surface area contributed by atoms with Gasteiger partial charge in [-0.25, -0.2) is 0 Å². The van der Waals surface area contributed by atoms with Crippen molar-refractivity contribution in [2.24, 2.45) is 0 Å². The highest BCUT2D eigenvalue weighted by Gasteiger charge is 2.09. The van der Waals surface area contributed by atoms with Gasteiger partial charge in [0, 0.05) is 13.0 Å². The van der Waals surface area contributed by atoms with Crippen LogP contribution in [0.5, 0.6) is 5.75 Å². The molecule has 5 nitrogen and oxygen atoms in total. The van der Waals surface area contributed by atoms with Crippen LogP contribution in [0.15, 0.2) is 22.7 Å². The third kappa shape index (κ3) is 6.19. The smallest absolute Gasteiger partial charge is 0.305 e. The SMILES string of the molecule is COC(=O)CCCNC(=S)N[C@@H](C)c1ccc(OC)c(Br)c1. The maximum atomic E-state index is 11.0. The molecule has 0 fully saturated rings. The topological polar surface area (TPSA) is 59.6 Å². The van der Waals surface area contributed by atoms with Crippen LogP contribution in [0.4, 0.5) is 0 Å². The van der Waals surface area contributed by atoms with E-state index in [1.807, 2.05) is 25.1 Å². The second-order valence-corrected chi connectivity index (χ2v) is 5.96. The lowest BCUT2D eigenvalue weighted by molar-refractivity contribution is -0.140. The number of carbonyl (C=O) groups is 1. The summed E-state index contributed by atoms with van der Waals surface area (Å²) in [6.45, 7) is 2.65. The second kappa shape index (κ2) is 9.63. The minimum absolute atomic E-state index is 0.0582. The van der Waals surface area contributed by atoms with Crippen LogP contribution in [0.2, 0.25) is 0 Å². The molecule has 0 radical (unpaired) electrons. The Morgan fingerprint density at radius 3 is 2.73 bits per heavy atom. The lowest BCUT2D eigenvalue weighted by Crippen LogP contribution is -2.37. The van der Waals surface area contributed by atoms with Crippen LogP contribution in [-0.2, 0) is 9.53 Å². The number of esters is 1. The van der Waals surface area contributed by atoms with E-state index in [1.54, 1.807) is 7.11 Å². The summed E-state index contributed by atoms with van der Waals surface area (Å²) in [5.74, 6) is 0.580. The normalized spacial score (nSPS) is 11.5. The largest absolute Gasteiger partial charge is 0.496 e. The van der Waals surface area contributed by atoms with Crippen molar-refractivity contribution in [3.63, 3.8) is 0 Å². The molecule has 0 amide bonds. The Morgan fingerprint density at radius 2 is 2.14 bits per heavy atom. The van der Waals surface area contributed by atoms with Gasteiger partial charge in [0.2, 0.25) is 0 Å². The van der Waals surface area contributed by atoms with Gasteiger partial charge < -0.3 is 20.1 Å². The first kappa shape index (κ1) is 18.7. The van der Waals surface area contributed by atoms with Gasteiger partial charge >= 0.3 is 5.97 Å². The standard InChI is InChI=1S/C15H21BrN2O3S/c1-10(11-6-7-13(20-2)12(16)9-11)18-15(22)17-8-4-5-14(19)21-3/h6-7,9-10H,4-5,8H2,1-3H3,(H2,17,18,22)/t10-/m0/s1. The van der Waals surface area contributed by atoms with Crippen LogP contribution in [0.3, 0.4) is 0 Å². The Hall–Kier alpha value is -1.34. The molecule has 0 aromatic heterocycles. The average Bonchev–Trinajstić information content (AvgIpc) is 2.51. The van der Waals surface area contributed by atoms with E-state index in [-0.39, 0.29) is 12.0 Å². The minimum Gasteiger partial charge on any atom is -0.496 e. The number of methoxy groups -OCH3 is 2. The fourth-order valence-electron chi connectivity index (χ4n) is 1.82. The Labute approximate surface area is 144 Å². The van der Waals surface area contributed by atoms with Crippen molar-refractivity contribution in [1.82, 2.24) is 10.6 Å². The Kier molecular flexibility index (Phi) is 8.19. The molecule has 22 heavy (non-hydrogen) atoms. The van der Waals surface area contributed by atoms with Crippen LogP contribution < -0.4 is 15.4 Å². The van der Waals surface area contributed by atoms with Crippen molar-refractivity contribution in [1.29, 1.82) is 0 Å². The first-order valence-electron chi connectivity index (χ1n) is 6.92. The molecule has 0 saturated carbocycles. The lowest BCUT2D eigenvalue weighted by Gasteiger charge is -2.18. The quantitative estimate of drug-likeness (QED) is 0.425. The second-order valence-electron chi connectivity index (χ2n) is 4.70. The van der Waals surface area contributed by atoms with Crippen molar-refractivity contribution < 1.29 is 14.3 Å². The summed E-state index contributed by atoms with van der Waals surface area (Å²) in [7, 11) is 3.02. The van der Waals surface area contributed by atoms with E-state index in [2.05, 4.69) is 31.3 Å². The van der Waals surface area contributed by atoms with Crippen LogP contribution in [0, 0.1) is 0 Å². The van der Waals surface area contributed by atoms with Gasteiger partial charge in [0.25, 0.3) is 0 Å². The van der Waals surface area contributed by atoms with Gasteiger partial charge in [-0.2, -0.15) is 0 Å². The van der Waals surface area contributed by atoms with Crippen LogP contribution in [0.1, 0.15) is 31.4 Å². The molecule has 1 atom stereocenters. The van der Waals surface area contributed by atoms with E-state index in [9.17, 15) is 4.79 Å². The summed E-state index contributed by atoms with van der Waals surface area (Å²) in [5.41, 5.74) is 1.09. The van der Waals surface area contributed by atoms with E-state index in [1.165, 1.54) is 7.11 Å². The lowest BCUT2D eigenvalue weighted by atomic mass is 10.1. The number of carbonyl (C=O) groups excluding carboxylic acids is 1. The van der Waals surface area contributed by atoms with Gasteiger partial charge in [-0.15, -0.1) is 0 Å². The molecular weight excluding hydrogens is 368 g/mol. The van der Waals surface area contributed by atoms with Gasteiger partial charge in [-0.3, -0.25) is 4.79 Å². The highest BCUT2D eigenvalue weighted by Crippen LogP contribution is 2.27. The van der Waals surface area contributed by atoms with Crippen molar-refractivity contribution in [2.45, 2.75) is 25.8 Å². The molecule has 2 N–H and O–H groups in total. The number of rotatable bonds is 7. The number of hydrogen-bond acceptors (Lipinski definition) is 4. The van der Waals surface area contributed by atoms with E-state index in [0.717, 1.165) is 15.8 Å². The highest BCUT2D eigenvalue weighted by atomic mass is 79.9. The molecule has 0 saturated heterocycles. The fourth-order valence-corrected chi connectivity index (χ4v) is 2.66. The summed E-state index contributed by atoms with van der Waals surface area (Å²) in [4.78, 5) is 11.0. The summed E-state index contributed by atoms with van der Waals surface area (Å²) >= 11 is 8.71. The summed E-state index contributed by atoms with van der Waals surface area (Å²) < 4.78 is 10.7. The Morgan fingerprint density at radius 1 is 1.41 bits per heavy atom. The third-order valence-electron chi connectivity index (χ3n) is 3.09. The first-order chi connectivity index (χ1) is 10.5. The fraction of sp³-hybridized carbons (Fsp3) is 0.467. The van der Waals surface area contributed by atoms with E-state index >= 15 is 0 Å². The number of hydrogen-bond donors (Lipinski definition) is 2. The molecule has 0 aliphatic heterocycles. The molecule has 0 unspecified atom stereocenters. The van der Waals surface area contributed by atoms with Crippen LogP contribution >= 0.6 is 28.1 Å². The molecule has 0 aliphatic carbocycles. The zero-order valence-electron chi connectivity index (χ0n) is 12.9. The summed E-state index contributed by atoms with van der Waals surface area (Å²) in [6, 6.07) is 5.95. The van der Waals surface area contributed by atoms with Crippen LogP contribution in [-0.4, -0.2) is 31.8 Å². The molecule has 0 spiro atoms. The molecule has 122 valence electrons. The number of thiocarbonyl (C=S) groups is 1. The van der Waals surface area contributed by atoms with E-state index in [4.69, 9.17) is 17.0 Å². The van der Waals surface area contributed by atoms with Crippen molar-refractivity contribution in [2.75, 3.05) is 20.8 Å². The predicted molar refractivity (Wildman–Crippen MR) is 94.1 cm³/mol. The Bertz CT molecular complexity index is 526. The zero-order valence-corrected chi connectivity index (χ0v) is 15.3. The van der Waals surface area contributed by atoms with Crippen molar-refractivity contribution >= 4 is 39.2 Å². The minimum atomic E-state index is -0.211. The highest BCUT2D eigenvalue weighted by molar-refractivity contribution is 9.10. The Balaban J connectivity index is 2.40. The first-order valence-corrected chi connectivity index (χ1v) is 8.12. The predicted octanol–water partition coefficient (Wildman–Crippen LogP) is 2.94. The molecule has 0 bridgehead atoms.